The number of hydrogen-bond acceptors (Lipinski definition) is 6. The highest BCUT2D eigenvalue weighted by atomic mass is 16.5. The van der Waals surface area contributed by atoms with Crippen LogP contribution in [0.15, 0.2) is 106 Å². The smallest absolute Gasteiger partial charge is 0.338 e. The lowest BCUT2D eigenvalue weighted by molar-refractivity contribution is 0.0526. The molecule has 5 aromatic rings. The lowest BCUT2D eigenvalue weighted by atomic mass is 9.94. The number of phenolic OH excluding ortho intramolecular Hbond substituents is 1. The number of anilines is 1. The molecule has 1 heterocycles. The lowest BCUT2D eigenvalue weighted by Gasteiger charge is -2.22. The van der Waals surface area contributed by atoms with Gasteiger partial charge in [0.2, 0.25) is 0 Å². The molecule has 0 bridgehead atoms. The summed E-state index contributed by atoms with van der Waals surface area (Å²) in [6.07, 6.45) is 0. The van der Waals surface area contributed by atoms with Crippen LogP contribution in [0.5, 0.6) is 5.75 Å². The maximum Gasteiger partial charge on any atom is 0.338 e. The molecule has 4 aromatic carbocycles. The number of rotatable bonds is 7. The normalized spacial score (nSPS) is 11.7. The van der Waals surface area contributed by atoms with Gasteiger partial charge in [-0.1, -0.05) is 54.6 Å². The van der Waals surface area contributed by atoms with E-state index < -0.39 is 5.63 Å². The van der Waals surface area contributed by atoms with Crippen molar-refractivity contribution in [3.63, 3.8) is 0 Å². The van der Waals surface area contributed by atoms with Gasteiger partial charge in [-0.15, -0.1) is 0 Å². The maximum absolute atomic E-state index is 12.1. The molecular weight excluding hydrogens is 478 g/mol. The summed E-state index contributed by atoms with van der Waals surface area (Å²) in [4.78, 5) is 24.1. The Morgan fingerprint density at radius 2 is 1.61 bits per heavy atom. The van der Waals surface area contributed by atoms with Gasteiger partial charge in [0.15, 0.2) is 0 Å². The number of aryl methyl sites for hydroxylation is 1. The zero-order chi connectivity index (χ0) is 26.6. The Morgan fingerprint density at radius 1 is 0.921 bits per heavy atom. The van der Waals surface area contributed by atoms with Gasteiger partial charge in [-0.3, -0.25) is 0 Å². The molecule has 1 aromatic heterocycles. The molecule has 0 aliphatic rings. The fourth-order valence-electron chi connectivity index (χ4n) is 4.58. The fraction of sp³-hybridized carbons (Fsp3) is 0.125. The SMILES string of the molecule is CCOC(=O)c1ccc(NC(c2ccccc2)c2ccc(-c3c(O)ccc4c(C)cc(=O)oc34)cc2)cc1. The van der Waals surface area contributed by atoms with E-state index in [9.17, 15) is 14.7 Å². The van der Waals surface area contributed by atoms with E-state index in [1.807, 2.05) is 73.7 Å². The molecule has 6 nitrogen and oxygen atoms in total. The van der Waals surface area contributed by atoms with E-state index in [0.717, 1.165) is 33.3 Å². The fourth-order valence-corrected chi connectivity index (χ4v) is 4.58. The molecule has 38 heavy (non-hydrogen) atoms. The molecule has 0 fully saturated rings. The third-order valence-corrected chi connectivity index (χ3v) is 6.47. The summed E-state index contributed by atoms with van der Waals surface area (Å²) in [6, 6.07) is 29.7. The van der Waals surface area contributed by atoms with Gasteiger partial charge in [0, 0.05) is 17.1 Å². The van der Waals surface area contributed by atoms with Gasteiger partial charge >= 0.3 is 11.6 Å². The van der Waals surface area contributed by atoms with Crippen LogP contribution in [0.1, 0.15) is 40.0 Å². The van der Waals surface area contributed by atoms with Crippen LogP contribution < -0.4 is 10.9 Å². The number of carbonyl (C=O) groups excluding carboxylic acids is 1. The van der Waals surface area contributed by atoms with Crippen LogP contribution in [-0.2, 0) is 4.74 Å². The van der Waals surface area contributed by atoms with Crippen molar-refractivity contribution in [2.45, 2.75) is 19.9 Å². The monoisotopic (exact) mass is 505 g/mol. The minimum Gasteiger partial charge on any atom is -0.507 e. The van der Waals surface area contributed by atoms with E-state index in [-0.39, 0.29) is 17.8 Å². The summed E-state index contributed by atoms with van der Waals surface area (Å²) in [5.41, 5.74) is 5.30. The van der Waals surface area contributed by atoms with Gasteiger partial charge in [-0.2, -0.15) is 0 Å². The average Bonchev–Trinajstić information content (AvgIpc) is 2.93. The third-order valence-electron chi connectivity index (χ3n) is 6.47. The molecular formula is C32H27NO5. The van der Waals surface area contributed by atoms with E-state index in [4.69, 9.17) is 9.15 Å². The van der Waals surface area contributed by atoms with E-state index >= 15 is 0 Å². The zero-order valence-corrected chi connectivity index (χ0v) is 21.1. The van der Waals surface area contributed by atoms with Crippen molar-refractivity contribution in [3.8, 4) is 16.9 Å². The second kappa shape index (κ2) is 10.6. The van der Waals surface area contributed by atoms with E-state index in [2.05, 4.69) is 5.32 Å². The summed E-state index contributed by atoms with van der Waals surface area (Å²) < 4.78 is 10.6. The van der Waals surface area contributed by atoms with E-state index in [1.54, 1.807) is 31.2 Å². The van der Waals surface area contributed by atoms with Crippen molar-refractivity contribution < 1.29 is 19.1 Å². The lowest BCUT2D eigenvalue weighted by Crippen LogP contribution is -2.12. The Kier molecular flexibility index (Phi) is 6.96. The highest BCUT2D eigenvalue weighted by Crippen LogP contribution is 2.38. The molecule has 1 unspecified atom stereocenters. The summed E-state index contributed by atoms with van der Waals surface area (Å²) in [6.45, 7) is 3.95. The Morgan fingerprint density at radius 3 is 2.29 bits per heavy atom. The molecule has 0 radical (unpaired) electrons. The van der Waals surface area contributed by atoms with Crippen LogP contribution in [0.4, 0.5) is 5.69 Å². The molecule has 6 heteroatoms. The summed E-state index contributed by atoms with van der Waals surface area (Å²) in [5, 5.41) is 15.0. The number of phenols is 1. The first-order valence-electron chi connectivity index (χ1n) is 12.4. The first-order valence-corrected chi connectivity index (χ1v) is 12.4. The van der Waals surface area contributed by atoms with Crippen LogP contribution in [0.2, 0.25) is 0 Å². The van der Waals surface area contributed by atoms with Crippen molar-refractivity contribution in [1.82, 2.24) is 0 Å². The molecule has 0 saturated carbocycles. The number of carbonyl (C=O) groups is 1. The summed E-state index contributed by atoms with van der Waals surface area (Å²) in [5.74, 6) is -0.310. The van der Waals surface area contributed by atoms with Crippen molar-refractivity contribution >= 4 is 22.6 Å². The highest BCUT2D eigenvalue weighted by Gasteiger charge is 2.18. The molecule has 0 spiro atoms. The molecule has 190 valence electrons. The van der Waals surface area contributed by atoms with Crippen LogP contribution in [-0.4, -0.2) is 17.7 Å². The van der Waals surface area contributed by atoms with Crippen molar-refractivity contribution in [2.75, 3.05) is 11.9 Å². The Balaban J connectivity index is 1.51. The van der Waals surface area contributed by atoms with Crippen LogP contribution in [0.25, 0.3) is 22.1 Å². The van der Waals surface area contributed by atoms with Crippen molar-refractivity contribution in [1.29, 1.82) is 0 Å². The first-order chi connectivity index (χ1) is 18.4. The molecule has 1 atom stereocenters. The second-order valence-electron chi connectivity index (χ2n) is 8.99. The quantitative estimate of drug-likeness (QED) is 0.186. The maximum atomic E-state index is 12.1. The van der Waals surface area contributed by atoms with Gasteiger partial charge < -0.3 is 19.6 Å². The largest absolute Gasteiger partial charge is 0.507 e. The highest BCUT2D eigenvalue weighted by molar-refractivity contribution is 5.96. The minimum atomic E-state index is -0.458. The van der Waals surface area contributed by atoms with Gasteiger partial charge in [-0.25, -0.2) is 9.59 Å². The summed E-state index contributed by atoms with van der Waals surface area (Å²) in [7, 11) is 0. The Hall–Kier alpha value is -4.84. The molecule has 2 N–H and O–H groups in total. The topological polar surface area (TPSA) is 88.8 Å². The minimum absolute atomic E-state index is 0.0402. The molecule has 0 aliphatic carbocycles. The van der Waals surface area contributed by atoms with Crippen molar-refractivity contribution in [2.24, 2.45) is 0 Å². The molecule has 0 aliphatic heterocycles. The zero-order valence-electron chi connectivity index (χ0n) is 21.1. The van der Waals surface area contributed by atoms with Gasteiger partial charge in [0.25, 0.3) is 0 Å². The predicted molar refractivity (Wildman–Crippen MR) is 149 cm³/mol. The molecule has 5 rings (SSSR count). The Labute approximate surface area is 220 Å². The van der Waals surface area contributed by atoms with Gasteiger partial charge in [0.05, 0.1) is 23.8 Å². The molecule has 0 amide bonds. The van der Waals surface area contributed by atoms with Gasteiger partial charge in [-0.05, 0) is 72.5 Å². The van der Waals surface area contributed by atoms with Crippen LogP contribution in [0, 0.1) is 6.92 Å². The molecule has 0 saturated heterocycles. The van der Waals surface area contributed by atoms with E-state index in [1.165, 1.54) is 6.07 Å². The van der Waals surface area contributed by atoms with Gasteiger partial charge in [0.1, 0.15) is 11.3 Å². The van der Waals surface area contributed by atoms with E-state index in [0.29, 0.717) is 23.3 Å². The number of ether oxygens (including phenoxy) is 1. The van der Waals surface area contributed by atoms with Crippen LogP contribution in [0.3, 0.4) is 0 Å². The third kappa shape index (κ3) is 5.02. The van der Waals surface area contributed by atoms with Crippen molar-refractivity contribution in [3.05, 3.63) is 130 Å². The average molecular weight is 506 g/mol. The standard InChI is InChI=1S/C32H27NO5/c1-3-37-32(36)24-13-15-25(16-14-24)33-30(22-7-5-4-6-8-22)23-11-9-21(10-12-23)29-27(34)18-17-26-20(2)19-28(35)38-31(26)29/h4-19,30,33-34H,3H2,1-2H3. The number of fused-ring (bicyclic) bond motifs is 1. The number of hydrogen-bond donors (Lipinski definition) is 2. The number of esters is 1. The first kappa shape index (κ1) is 24.8. The predicted octanol–water partition coefficient (Wildman–Crippen LogP) is 6.85. The second-order valence-corrected chi connectivity index (χ2v) is 8.99. The number of nitrogens with one attached hydrogen (secondary N) is 1. The summed E-state index contributed by atoms with van der Waals surface area (Å²) >= 11 is 0. The number of benzene rings is 4. The van der Waals surface area contributed by atoms with Crippen LogP contribution >= 0.6 is 0 Å². The Bertz CT molecular complexity index is 1640. The number of aromatic hydroxyl groups is 1.